The van der Waals surface area contributed by atoms with Gasteiger partial charge in [0.25, 0.3) is 0 Å². The second-order valence-electron chi connectivity index (χ2n) is 7.00. The van der Waals surface area contributed by atoms with Crippen LogP contribution in [0.4, 0.5) is 0 Å². The smallest absolute Gasteiger partial charge is 0.217 e. The van der Waals surface area contributed by atoms with Crippen LogP contribution in [0.3, 0.4) is 0 Å². The Morgan fingerprint density at radius 3 is 1.90 bits per heavy atom. The molecule has 13 nitrogen and oxygen atoms in total. The summed E-state index contributed by atoms with van der Waals surface area (Å²) in [5.74, 6) is -1.14. The Hall–Kier alpha value is -1.42. The topological polar surface area (TPSA) is 207 Å². The van der Waals surface area contributed by atoms with Crippen molar-refractivity contribution in [2.24, 2.45) is 0 Å². The van der Waals surface area contributed by atoms with Gasteiger partial charge in [0, 0.05) is 13.8 Å². The maximum Gasteiger partial charge on any atom is 0.217 e. The maximum atomic E-state index is 11.5. The van der Waals surface area contributed by atoms with Gasteiger partial charge in [-0.2, -0.15) is 0 Å². The molecule has 2 rings (SSSR count). The summed E-state index contributed by atoms with van der Waals surface area (Å²) >= 11 is 0. The number of nitrogens with one attached hydrogen (secondary N) is 2. The molecule has 0 bridgehead atoms. The number of aliphatic hydroxyl groups is 6. The Morgan fingerprint density at radius 2 is 1.38 bits per heavy atom. The summed E-state index contributed by atoms with van der Waals surface area (Å²) in [6.45, 7) is 0.962. The van der Waals surface area contributed by atoms with Crippen molar-refractivity contribution >= 4 is 11.8 Å². The fourth-order valence-corrected chi connectivity index (χ4v) is 3.38. The number of amides is 2. The summed E-state index contributed by atoms with van der Waals surface area (Å²) in [7, 11) is 0. The molecule has 0 aromatic heterocycles. The van der Waals surface area contributed by atoms with Crippen molar-refractivity contribution in [1.82, 2.24) is 10.6 Å². The van der Waals surface area contributed by atoms with Gasteiger partial charge in [-0.3, -0.25) is 9.59 Å². The number of carbonyl (C=O) groups excluding carboxylic acids is 2. The molecular weight excluding hydrogens is 396 g/mol. The SMILES string of the molecule is CC(=O)N[C@H]1[C@H](O[C@H]2[C@H](O)[C@H](NC(C)=O)C(O)O[C@@H]2CO)O[C@H](CO)[C@@H](O)[C@@H]1O. The zero-order valence-corrected chi connectivity index (χ0v) is 15.9. The molecule has 168 valence electrons. The summed E-state index contributed by atoms with van der Waals surface area (Å²) < 4.78 is 16.3. The lowest BCUT2D eigenvalue weighted by Crippen LogP contribution is -2.69. The number of ether oxygens (including phenoxy) is 3. The third-order valence-corrected chi connectivity index (χ3v) is 4.78. The average Bonchev–Trinajstić information content (AvgIpc) is 2.65. The molecule has 2 amide bonds. The molecule has 2 fully saturated rings. The van der Waals surface area contributed by atoms with Gasteiger partial charge in [-0.15, -0.1) is 0 Å². The summed E-state index contributed by atoms with van der Waals surface area (Å²) in [6, 6.07) is -2.59. The van der Waals surface area contributed by atoms with E-state index in [1.807, 2.05) is 0 Å². The van der Waals surface area contributed by atoms with Gasteiger partial charge in [0.05, 0.1) is 13.2 Å². The van der Waals surface area contributed by atoms with Crippen LogP contribution < -0.4 is 10.6 Å². The molecule has 8 N–H and O–H groups in total. The number of aliphatic hydroxyl groups excluding tert-OH is 6. The number of rotatable bonds is 6. The third-order valence-electron chi connectivity index (χ3n) is 4.78. The van der Waals surface area contributed by atoms with Crippen LogP contribution in [0.2, 0.25) is 0 Å². The zero-order chi connectivity index (χ0) is 21.9. The molecule has 13 heteroatoms. The Bertz CT molecular complexity index is 579. The van der Waals surface area contributed by atoms with E-state index in [1.165, 1.54) is 0 Å². The highest BCUT2D eigenvalue weighted by Crippen LogP contribution is 2.28. The summed E-state index contributed by atoms with van der Waals surface area (Å²) in [6.07, 6.45) is -11.7. The third kappa shape index (κ3) is 5.39. The largest absolute Gasteiger partial charge is 0.394 e. The monoisotopic (exact) mass is 424 g/mol. The molecule has 2 heterocycles. The Kier molecular flexibility index (Phi) is 8.28. The molecule has 0 aliphatic carbocycles. The predicted octanol–water partition coefficient (Wildman–Crippen LogP) is -5.11. The molecule has 2 aliphatic rings. The molecular formula is C16H28N2O11. The number of hydrogen-bond acceptors (Lipinski definition) is 11. The second-order valence-corrected chi connectivity index (χ2v) is 7.00. The first-order valence-corrected chi connectivity index (χ1v) is 9.05. The van der Waals surface area contributed by atoms with Crippen molar-refractivity contribution in [2.45, 2.75) is 75.1 Å². The van der Waals surface area contributed by atoms with E-state index in [1.54, 1.807) is 0 Å². The van der Waals surface area contributed by atoms with Gasteiger partial charge in [-0.1, -0.05) is 0 Å². The molecule has 10 atom stereocenters. The highest BCUT2D eigenvalue weighted by molar-refractivity contribution is 5.73. The minimum atomic E-state index is -1.64. The van der Waals surface area contributed by atoms with Crippen LogP contribution in [0.25, 0.3) is 0 Å². The molecule has 0 radical (unpaired) electrons. The average molecular weight is 424 g/mol. The number of hydrogen-bond donors (Lipinski definition) is 8. The number of carbonyl (C=O) groups is 2. The molecule has 0 aromatic rings. The first-order chi connectivity index (χ1) is 13.6. The lowest BCUT2D eigenvalue weighted by atomic mass is 9.94. The van der Waals surface area contributed by atoms with Crippen molar-refractivity contribution < 1.29 is 54.4 Å². The molecule has 2 aliphatic heterocycles. The van der Waals surface area contributed by atoms with Crippen LogP contribution in [0.15, 0.2) is 0 Å². The van der Waals surface area contributed by atoms with Crippen molar-refractivity contribution in [3.63, 3.8) is 0 Å². The molecule has 2 saturated heterocycles. The highest BCUT2D eigenvalue weighted by Gasteiger charge is 2.51. The standard InChI is InChI=1S/C16H28N2O11/c1-5(21)17-9-13(25)14(8(4-20)27-15(9)26)29-16-10(18-6(2)22)12(24)11(23)7(3-19)28-16/h7-16,19-20,23-26H,3-4H2,1-2H3,(H,17,21)(H,18,22)/t7-,8-,9+,10-,11-,12-,13-,14-,15?,16+/m1/s1. The lowest BCUT2D eigenvalue weighted by Gasteiger charge is -2.47. The maximum absolute atomic E-state index is 11.5. The van der Waals surface area contributed by atoms with Crippen molar-refractivity contribution in [2.75, 3.05) is 13.2 Å². The van der Waals surface area contributed by atoms with E-state index in [0.717, 1.165) is 13.8 Å². The Balaban J connectivity index is 2.26. The van der Waals surface area contributed by atoms with Crippen molar-refractivity contribution in [3.8, 4) is 0 Å². The van der Waals surface area contributed by atoms with E-state index < -0.39 is 86.3 Å². The van der Waals surface area contributed by atoms with Gasteiger partial charge in [-0.25, -0.2) is 0 Å². The van der Waals surface area contributed by atoms with E-state index in [0.29, 0.717) is 0 Å². The Morgan fingerprint density at radius 1 is 0.828 bits per heavy atom. The normalized spacial score (nSPS) is 42.9. The molecule has 1 unspecified atom stereocenters. The van der Waals surface area contributed by atoms with E-state index >= 15 is 0 Å². The van der Waals surface area contributed by atoms with Crippen LogP contribution in [-0.2, 0) is 23.8 Å². The van der Waals surface area contributed by atoms with Gasteiger partial charge in [0.2, 0.25) is 11.8 Å². The molecule has 29 heavy (non-hydrogen) atoms. The van der Waals surface area contributed by atoms with Gasteiger partial charge in [-0.05, 0) is 0 Å². The molecule has 0 aromatic carbocycles. The fourth-order valence-electron chi connectivity index (χ4n) is 3.38. The van der Waals surface area contributed by atoms with Gasteiger partial charge in [0.1, 0.15) is 48.7 Å². The predicted molar refractivity (Wildman–Crippen MR) is 91.8 cm³/mol. The molecule has 0 spiro atoms. The van der Waals surface area contributed by atoms with Gasteiger partial charge < -0.3 is 55.5 Å². The van der Waals surface area contributed by atoms with Crippen molar-refractivity contribution in [3.05, 3.63) is 0 Å². The van der Waals surface area contributed by atoms with E-state index in [9.17, 15) is 40.2 Å². The minimum Gasteiger partial charge on any atom is -0.394 e. The Labute approximate surface area is 166 Å². The van der Waals surface area contributed by atoms with Gasteiger partial charge in [0.15, 0.2) is 12.6 Å². The van der Waals surface area contributed by atoms with Crippen LogP contribution in [0.5, 0.6) is 0 Å². The molecule has 0 saturated carbocycles. The second kappa shape index (κ2) is 10.1. The summed E-state index contributed by atoms with van der Waals surface area (Å²) in [5, 5.41) is 64.5. The van der Waals surface area contributed by atoms with Crippen LogP contribution >= 0.6 is 0 Å². The lowest BCUT2D eigenvalue weighted by molar-refractivity contribution is -0.327. The quantitative estimate of drug-likeness (QED) is 0.202. The summed E-state index contributed by atoms with van der Waals surface area (Å²) in [5.41, 5.74) is 0. The van der Waals surface area contributed by atoms with Crippen LogP contribution in [-0.4, -0.2) is 117 Å². The van der Waals surface area contributed by atoms with E-state index in [2.05, 4.69) is 10.6 Å². The van der Waals surface area contributed by atoms with Crippen molar-refractivity contribution in [1.29, 1.82) is 0 Å². The minimum absolute atomic E-state index is 0.568. The fraction of sp³-hybridized carbons (Fsp3) is 0.875. The van der Waals surface area contributed by atoms with Crippen LogP contribution in [0, 0.1) is 0 Å². The van der Waals surface area contributed by atoms with Crippen LogP contribution in [0.1, 0.15) is 13.8 Å². The highest BCUT2D eigenvalue weighted by atomic mass is 16.7. The zero-order valence-electron chi connectivity index (χ0n) is 15.9. The first-order valence-electron chi connectivity index (χ1n) is 9.05. The first kappa shape index (κ1) is 23.9. The van der Waals surface area contributed by atoms with Gasteiger partial charge >= 0.3 is 0 Å². The van der Waals surface area contributed by atoms with E-state index in [4.69, 9.17) is 14.2 Å². The van der Waals surface area contributed by atoms with E-state index in [-0.39, 0.29) is 0 Å². The summed E-state index contributed by atoms with van der Waals surface area (Å²) in [4.78, 5) is 22.8.